The van der Waals surface area contributed by atoms with Gasteiger partial charge in [-0.05, 0) is 12.0 Å². The minimum Gasteiger partial charge on any atom is -0.376 e. The maximum Gasteiger partial charge on any atom is 0.0717 e. The Morgan fingerprint density at radius 2 is 2.00 bits per heavy atom. The van der Waals surface area contributed by atoms with Crippen LogP contribution < -0.4 is 0 Å². The second-order valence-electron chi connectivity index (χ2n) is 3.56. The van der Waals surface area contributed by atoms with Crippen molar-refractivity contribution in [2.24, 2.45) is 5.92 Å². The summed E-state index contributed by atoms with van der Waals surface area (Å²) in [5.41, 5.74) is 2.59. The van der Waals surface area contributed by atoms with E-state index in [2.05, 4.69) is 18.7 Å². The number of hydrogen-bond donors (Lipinski definition) is 0. The van der Waals surface area contributed by atoms with Gasteiger partial charge in [-0.15, -0.1) is 0 Å². The summed E-state index contributed by atoms with van der Waals surface area (Å²) in [6.07, 6.45) is 1.16. The molecule has 1 atom stereocenters. The molecule has 1 aromatic rings. The SMILES string of the molecule is C=C1C[C@H]1COCc1ccccc1. The Labute approximate surface area is 79.0 Å². The molecule has 13 heavy (non-hydrogen) atoms. The van der Waals surface area contributed by atoms with E-state index in [0.717, 1.165) is 19.6 Å². The van der Waals surface area contributed by atoms with Crippen molar-refractivity contribution in [1.82, 2.24) is 0 Å². The van der Waals surface area contributed by atoms with E-state index in [-0.39, 0.29) is 0 Å². The van der Waals surface area contributed by atoms with Gasteiger partial charge in [-0.2, -0.15) is 0 Å². The fourth-order valence-electron chi connectivity index (χ4n) is 1.33. The average Bonchev–Trinajstić information content (AvgIpc) is 2.84. The first-order valence-electron chi connectivity index (χ1n) is 4.65. The van der Waals surface area contributed by atoms with E-state index in [0.29, 0.717) is 5.92 Å². The Balaban J connectivity index is 1.71. The van der Waals surface area contributed by atoms with Gasteiger partial charge in [-0.25, -0.2) is 0 Å². The van der Waals surface area contributed by atoms with Crippen LogP contribution >= 0.6 is 0 Å². The molecule has 0 aromatic heterocycles. The highest BCUT2D eigenvalue weighted by molar-refractivity contribution is 5.18. The first-order valence-corrected chi connectivity index (χ1v) is 4.65. The van der Waals surface area contributed by atoms with Crippen LogP contribution in [0.4, 0.5) is 0 Å². The molecule has 0 bridgehead atoms. The third-order valence-corrected chi connectivity index (χ3v) is 2.36. The van der Waals surface area contributed by atoms with Gasteiger partial charge in [0, 0.05) is 5.92 Å². The van der Waals surface area contributed by atoms with Crippen molar-refractivity contribution in [2.45, 2.75) is 13.0 Å². The minimum absolute atomic E-state index is 0.642. The highest BCUT2D eigenvalue weighted by Gasteiger charge is 2.26. The van der Waals surface area contributed by atoms with Crippen LogP contribution in [0, 0.1) is 5.92 Å². The summed E-state index contributed by atoms with van der Waals surface area (Å²) in [6.45, 7) is 5.46. The first kappa shape index (κ1) is 8.52. The fourth-order valence-corrected chi connectivity index (χ4v) is 1.33. The van der Waals surface area contributed by atoms with Crippen LogP contribution in [0.5, 0.6) is 0 Å². The van der Waals surface area contributed by atoms with E-state index in [4.69, 9.17) is 4.74 Å². The largest absolute Gasteiger partial charge is 0.376 e. The summed E-state index contributed by atoms with van der Waals surface area (Å²) < 4.78 is 5.55. The van der Waals surface area contributed by atoms with E-state index < -0.39 is 0 Å². The molecule has 0 spiro atoms. The molecular weight excluding hydrogens is 160 g/mol. The molecular formula is C12H14O. The van der Waals surface area contributed by atoms with Gasteiger partial charge in [-0.1, -0.05) is 42.5 Å². The van der Waals surface area contributed by atoms with Crippen LogP contribution in [-0.2, 0) is 11.3 Å². The summed E-state index contributed by atoms with van der Waals surface area (Å²) in [5.74, 6) is 0.642. The molecule has 1 aliphatic carbocycles. The summed E-state index contributed by atoms with van der Waals surface area (Å²) in [5, 5.41) is 0. The Bertz CT molecular complexity index is 289. The lowest BCUT2D eigenvalue weighted by Gasteiger charge is -2.01. The molecule has 0 N–H and O–H groups in total. The molecule has 68 valence electrons. The number of benzene rings is 1. The lowest BCUT2D eigenvalue weighted by molar-refractivity contribution is 0.114. The van der Waals surface area contributed by atoms with Crippen molar-refractivity contribution in [3.05, 3.63) is 48.0 Å². The van der Waals surface area contributed by atoms with E-state index in [9.17, 15) is 0 Å². The lowest BCUT2D eigenvalue weighted by atomic mass is 10.2. The molecule has 1 fully saturated rings. The average molecular weight is 174 g/mol. The number of rotatable bonds is 4. The van der Waals surface area contributed by atoms with Gasteiger partial charge < -0.3 is 4.74 Å². The number of hydrogen-bond acceptors (Lipinski definition) is 1. The Kier molecular flexibility index (Phi) is 2.46. The van der Waals surface area contributed by atoms with Crippen molar-refractivity contribution in [3.8, 4) is 0 Å². The summed E-state index contributed by atoms with van der Waals surface area (Å²) >= 11 is 0. The lowest BCUT2D eigenvalue weighted by Crippen LogP contribution is -1.96. The minimum atomic E-state index is 0.642. The molecule has 0 unspecified atom stereocenters. The first-order chi connectivity index (χ1) is 6.36. The van der Waals surface area contributed by atoms with Crippen LogP contribution in [-0.4, -0.2) is 6.61 Å². The van der Waals surface area contributed by atoms with Crippen molar-refractivity contribution in [1.29, 1.82) is 0 Å². The quantitative estimate of drug-likeness (QED) is 0.638. The number of ether oxygens (including phenoxy) is 1. The van der Waals surface area contributed by atoms with Gasteiger partial charge in [0.05, 0.1) is 13.2 Å². The predicted molar refractivity (Wildman–Crippen MR) is 53.3 cm³/mol. The van der Waals surface area contributed by atoms with E-state index in [1.165, 1.54) is 11.1 Å². The Morgan fingerprint density at radius 1 is 1.31 bits per heavy atom. The molecule has 1 nitrogen and oxygen atoms in total. The maximum atomic E-state index is 5.55. The molecule has 0 heterocycles. The smallest absolute Gasteiger partial charge is 0.0717 e. The second kappa shape index (κ2) is 3.75. The van der Waals surface area contributed by atoms with Crippen LogP contribution in [0.2, 0.25) is 0 Å². The van der Waals surface area contributed by atoms with Gasteiger partial charge >= 0.3 is 0 Å². The predicted octanol–water partition coefficient (Wildman–Crippen LogP) is 2.78. The zero-order chi connectivity index (χ0) is 9.10. The van der Waals surface area contributed by atoms with Crippen LogP contribution in [0.15, 0.2) is 42.5 Å². The van der Waals surface area contributed by atoms with Gasteiger partial charge in [0.1, 0.15) is 0 Å². The molecule has 0 amide bonds. The molecule has 1 aromatic carbocycles. The Morgan fingerprint density at radius 3 is 2.62 bits per heavy atom. The van der Waals surface area contributed by atoms with Gasteiger partial charge in [0.15, 0.2) is 0 Å². The monoisotopic (exact) mass is 174 g/mol. The van der Waals surface area contributed by atoms with Crippen molar-refractivity contribution >= 4 is 0 Å². The van der Waals surface area contributed by atoms with Gasteiger partial charge in [0.2, 0.25) is 0 Å². The normalized spacial score (nSPS) is 20.3. The molecule has 1 aliphatic rings. The summed E-state index contributed by atoms with van der Waals surface area (Å²) in [4.78, 5) is 0. The molecule has 0 aliphatic heterocycles. The fraction of sp³-hybridized carbons (Fsp3) is 0.333. The van der Waals surface area contributed by atoms with Crippen molar-refractivity contribution in [2.75, 3.05) is 6.61 Å². The zero-order valence-electron chi connectivity index (χ0n) is 7.70. The van der Waals surface area contributed by atoms with Crippen LogP contribution in [0.3, 0.4) is 0 Å². The van der Waals surface area contributed by atoms with Gasteiger partial charge in [-0.3, -0.25) is 0 Å². The molecule has 0 radical (unpaired) electrons. The second-order valence-corrected chi connectivity index (χ2v) is 3.56. The standard InChI is InChI=1S/C12H14O/c1-10-7-12(10)9-13-8-11-5-3-2-4-6-11/h2-6,12H,1,7-9H2/t12-/m0/s1. The van der Waals surface area contributed by atoms with Crippen LogP contribution in [0.1, 0.15) is 12.0 Å². The zero-order valence-corrected chi connectivity index (χ0v) is 7.70. The van der Waals surface area contributed by atoms with Crippen molar-refractivity contribution in [3.63, 3.8) is 0 Å². The molecule has 1 heteroatoms. The van der Waals surface area contributed by atoms with E-state index >= 15 is 0 Å². The van der Waals surface area contributed by atoms with Gasteiger partial charge in [0.25, 0.3) is 0 Å². The van der Waals surface area contributed by atoms with E-state index in [1.807, 2.05) is 18.2 Å². The summed E-state index contributed by atoms with van der Waals surface area (Å²) in [6, 6.07) is 10.3. The molecule has 2 rings (SSSR count). The van der Waals surface area contributed by atoms with E-state index in [1.54, 1.807) is 0 Å². The Hall–Kier alpha value is -1.08. The third kappa shape index (κ3) is 2.43. The van der Waals surface area contributed by atoms with Crippen molar-refractivity contribution < 1.29 is 4.74 Å². The summed E-state index contributed by atoms with van der Waals surface area (Å²) in [7, 11) is 0. The maximum absolute atomic E-state index is 5.55. The molecule has 1 saturated carbocycles. The third-order valence-electron chi connectivity index (χ3n) is 2.36. The highest BCUT2D eigenvalue weighted by atomic mass is 16.5. The molecule has 0 saturated heterocycles. The topological polar surface area (TPSA) is 9.23 Å². The van der Waals surface area contributed by atoms with Crippen LogP contribution in [0.25, 0.3) is 0 Å². The highest BCUT2D eigenvalue weighted by Crippen LogP contribution is 2.35.